The van der Waals surface area contributed by atoms with Crippen LogP contribution in [0.1, 0.15) is 23.7 Å². The van der Waals surface area contributed by atoms with Gasteiger partial charge in [-0.25, -0.2) is 0 Å². The Morgan fingerprint density at radius 2 is 2.12 bits per heavy atom. The van der Waals surface area contributed by atoms with Gasteiger partial charge < -0.3 is 15.4 Å². The van der Waals surface area contributed by atoms with Gasteiger partial charge in [-0.2, -0.15) is 13.9 Å². The molecule has 1 aromatic carbocycles. The van der Waals surface area contributed by atoms with Crippen molar-refractivity contribution in [3.05, 3.63) is 41.2 Å². The highest BCUT2D eigenvalue weighted by Crippen LogP contribution is 2.27. The zero-order chi connectivity index (χ0) is 17.7. The molecule has 0 spiro atoms. The summed E-state index contributed by atoms with van der Waals surface area (Å²) in [5.74, 6) is 0.0594. The molecule has 2 aromatic rings. The Morgan fingerprint density at radius 3 is 2.75 bits per heavy atom. The summed E-state index contributed by atoms with van der Waals surface area (Å²) < 4.78 is 31.4. The second-order valence-corrected chi connectivity index (χ2v) is 5.69. The lowest BCUT2D eigenvalue weighted by Gasteiger charge is -2.15. The molecular weight excluding hydrogens is 334 g/mol. The monoisotopic (exact) mass is 354 g/mol. The lowest BCUT2D eigenvalue weighted by molar-refractivity contribution is -0.0493. The molecule has 0 saturated carbocycles. The molecule has 0 aliphatic carbocycles. The molecule has 8 heteroatoms. The van der Waals surface area contributed by atoms with Crippen LogP contribution in [-0.2, 0) is 13.1 Å². The molecule has 0 bridgehead atoms. The van der Waals surface area contributed by atoms with E-state index >= 15 is 0 Å². The predicted octanol–water partition coefficient (Wildman–Crippen LogP) is 3.61. The van der Waals surface area contributed by atoms with Crippen molar-refractivity contribution in [2.75, 3.05) is 5.32 Å². The lowest BCUT2D eigenvalue weighted by Crippen LogP contribution is -2.28. The third-order valence-corrected chi connectivity index (χ3v) is 3.66. The quantitative estimate of drug-likeness (QED) is 0.776. The van der Waals surface area contributed by atoms with Crippen LogP contribution in [0.5, 0.6) is 5.75 Å². The van der Waals surface area contributed by atoms with E-state index in [1.807, 2.05) is 24.7 Å². The largest absolute Gasteiger partial charge is 0.433 e. The molecule has 1 aromatic heterocycles. The van der Waals surface area contributed by atoms with Crippen LogP contribution in [0.4, 0.5) is 14.5 Å². The van der Waals surface area contributed by atoms with Gasteiger partial charge in [0.05, 0.1) is 11.4 Å². The number of hydrogen-bond donors (Lipinski definition) is 2. The van der Waals surface area contributed by atoms with Crippen LogP contribution in [0.2, 0.25) is 0 Å². The molecule has 0 amide bonds. The number of nitrogens with zero attached hydrogens (tertiary/aromatic N) is 2. The van der Waals surface area contributed by atoms with Crippen LogP contribution in [0.3, 0.4) is 0 Å². The van der Waals surface area contributed by atoms with Gasteiger partial charge in [0, 0.05) is 24.8 Å². The first-order valence-electron chi connectivity index (χ1n) is 7.52. The Balaban J connectivity index is 2.00. The molecule has 1 heterocycles. The smallest absolute Gasteiger partial charge is 0.387 e. The van der Waals surface area contributed by atoms with Gasteiger partial charge >= 0.3 is 6.61 Å². The lowest BCUT2D eigenvalue weighted by atomic mass is 10.2. The number of anilines is 1. The van der Waals surface area contributed by atoms with Crippen LogP contribution in [0.15, 0.2) is 24.4 Å². The van der Waals surface area contributed by atoms with E-state index in [0.717, 1.165) is 23.4 Å². The van der Waals surface area contributed by atoms with Crippen molar-refractivity contribution >= 4 is 23.0 Å². The number of nitrogens with one attached hydrogen (secondary N) is 2. The molecule has 24 heavy (non-hydrogen) atoms. The molecule has 0 radical (unpaired) electrons. The summed E-state index contributed by atoms with van der Waals surface area (Å²) in [7, 11) is 0. The van der Waals surface area contributed by atoms with E-state index in [2.05, 4.69) is 20.5 Å². The van der Waals surface area contributed by atoms with E-state index < -0.39 is 6.61 Å². The molecule has 2 rings (SSSR count). The van der Waals surface area contributed by atoms with Gasteiger partial charge in [0.1, 0.15) is 5.75 Å². The summed E-state index contributed by atoms with van der Waals surface area (Å²) in [5, 5.41) is 10.6. The molecule has 0 aliphatic heterocycles. The highest BCUT2D eigenvalue weighted by molar-refractivity contribution is 7.80. The molecule has 0 aliphatic rings. The van der Waals surface area contributed by atoms with Crippen LogP contribution >= 0.6 is 12.2 Å². The number of rotatable bonds is 6. The third-order valence-electron chi connectivity index (χ3n) is 3.41. The molecule has 5 nitrogen and oxygen atoms in total. The molecular formula is C16H20F2N4OS. The molecule has 0 atom stereocenters. The first-order valence-corrected chi connectivity index (χ1v) is 7.93. The van der Waals surface area contributed by atoms with Crippen LogP contribution in [0, 0.1) is 13.8 Å². The number of aryl methyl sites for hydroxylation is 3. The zero-order valence-corrected chi connectivity index (χ0v) is 14.6. The summed E-state index contributed by atoms with van der Waals surface area (Å²) in [6, 6.07) is 4.98. The van der Waals surface area contributed by atoms with Gasteiger partial charge in [0.2, 0.25) is 0 Å². The maximum Gasteiger partial charge on any atom is 0.387 e. The SMILES string of the molecule is CCn1cc(CNC(=S)Nc2ccc(C)cc2OC(F)F)c(C)n1. The van der Waals surface area contributed by atoms with Gasteiger partial charge in [0.15, 0.2) is 5.11 Å². The highest BCUT2D eigenvalue weighted by Gasteiger charge is 2.11. The van der Waals surface area contributed by atoms with E-state index in [4.69, 9.17) is 12.2 Å². The van der Waals surface area contributed by atoms with E-state index in [9.17, 15) is 8.78 Å². The highest BCUT2D eigenvalue weighted by atomic mass is 32.1. The Morgan fingerprint density at radius 1 is 1.38 bits per heavy atom. The number of alkyl halides is 2. The maximum atomic E-state index is 12.5. The van der Waals surface area contributed by atoms with Crippen molar-refractivity contribution < 1.29 is 13.5 Å². The van der Waals surface area contributed by atoms with E-state index in [0.29, 0.717) is 17.3 Å². The van der Waals surface area contributed by atoms with Crippen LogP contribution < -0.4 is 15.4 Å². The van der Waals surface area contributed by atoms with Gasteiger partial charge in [-0.3, -0.25) is 4.68 Å². The number of thiocarbonyl (C=S) groups is 1. The van der Waals surface area contributed by atoms with Crippen LogP contribution in [-0.4, -0.2) is 21.5 Å². The topological polar surface area (TPSA) is 51.1 Å². The van der Waals surface area contributed by atoms with Crippen molar-refractivity contribution in [2.24, 2.45) is 0 Å². The number of ether oxygens (including phenoxy) is 1. The second-order valence-electron chi connectivity index (χ2n) is 5.28. The first-order chi connectivity index (χ1) is 11.4. The number of benzene rings is 1. The Kier molecular flexibility index (Phi) is 6.08. The van der Waals surface area contributed by atoms with Crippen molar-refractivity contribution in [1.82, 2.24) is 15.1 Å². The fourth-order valence-corrected chi connectivity index (χ4v) is 2.35. The number of aromatic nitrogens is 2. The van der Waals surface area contributed by atoms with E-state index in [-0.39, 0.29) is 5.75 Å². The fraction of sp³-hybridized carbons (Fsp3) is 0.375. The standard InChI is InChI=1S/C16H20F2N4OS/c1-4-22-9-12(11(3)21-22)8-19-16(24)20-13-6-5-10(2)7-14(13)23-15(17)18/h5-7,9,15H,4,8H2,1-3H3,(H2,19,20,24). The third kappa shape index (κ3) is 4.89. The van der Waals surface area contributed by atoms with Gasteiger partial charge in [-0.05, 0) is 50.7 Å². The molecule has 0 fully saturated rings. The summed E-state index contributed by atoms with van der Waals surface area (Å²) in [4.78, 5) is 0. The Labute approximate surface area is 145 Å². The minimum absolute atomic E-state index is 0.0594. The predicted molar refractivity (Wildman–Crippen MR) is 93.5 cm³/mol. The van der Waals surface area contributed by atoms with Gasteiger partial charge in [0.25, 0.3) is 0 Å². The minimum atomic E-state index is -2.89. The van der Waals surface area contributed by atoms with Crippen molar-refractivity contribution in [1.29, 1.82) is 0 Å². The average molecular weight is 354 g/mol. The Hall–Kier alpha value is -2.22. The summed E-state index contributed by atoms with van der Waals surface area (Å²) in [6.45, 7) is 4.13. The minimum Gasteiger partial charge on any atom is -0.433 e. The normalized spacial score (nSPS) is 10.8. The molecule has 2 N–H and O–H groups in total. The summed E-state index contributed by atoms with van der Waals surface area (Å²) in [5.41, 5.74) is 3.15. The van der Waals surface area contributed by atoms with Crippen LogP contribution in [0.25, 0.3) is 0 Å². The summed E-state index contributed by atoms with van der Waals surface area (Å²) >= 11 is 5.23. The number of hydrogen-bond acceptors (Lipinski definition) is 3. The average Bonchev–Trinajstić information content (AvgIpc) is 2.88. The Bertz CT molecular complexity index is 718. The van der Waals surface area contributed by atoms with Gasteiger partial charge in [-0.1, -0.05) is 6.07 Å². The van der Waals surface area contributed by atoms with Crippen molar-refractivity contribution in [2.45, 2.75) is 40.5 Å². The van der Waals surface area contributed by atoms with Crippen molar-refractivity contribution in [3.8, 4) is 5.75 Å². The number of halogens is 2. The molecule has 0 saturated heterocycles. The second kappa shape index (κ2) is 8.05. The fourth-order valence-electron chi connectivity index (χ4n) is 2.16. The molecule has 130 valence electrons. The zero-order valence-electron chi connectivity index (χ0n) is 13.8. The molecule has 0 unspecified atom stereocenters. The van der Waals surface area contributed by atoms with E-state index in [1.165, 1.54) is 6.07 Å². The van der Waals surface area contributed by atoms with Gasteiger partial charge in [-0.15, -0.1) is 0 Å². The first kappa shape index (κ1) is 18.1. The maximum absolute atomic E-state index is 12.5. The van der Waals surface area contributed by atoms with Crippen molar-refractivity contribution in [3.63, 3.8) is 0 Å². The summed E-state index contributed by atoms with van der Waals surface area (Å²) in [6.07, 6.45) is 1.95. The van der Waals surface area contributed by atoms with E-state index in [1.54, 1.807) is 19.1 Å².